The van der Waals surface area contributed by atoms with Gasteiger partial charge in [-0.05, 0) is 25.9 Å². The third kappa shape index (κ3) is 3.04. The molecule has 1 atom stereocenters. The normalized spacial score (nSPS) is 20.5. The van der Waals surface area contributed by atoms with Gasteiger partial charge in [0.25, 0.3) is 0 Å². The van der Waals surface area contributed by atoms with Crippen LogP contribution >= 0.6 is 0 Å². The number of hydrogen-bond donors (Lipinski definition) is 2. The summed E-state index contributed by atoms with van der Waals surface area (Å²) in [5.74, 6) is 7.48. The van der Waals surface area contributed by atoms with Crippen molar-refractivity contribution in [2.45, 2.75) is 6.42 Å². The van der Waals surface area contributed by atoms with E-state index in [2.05, 4.69) is 32.2 Å². The van der Waals surface area contributed by atoms with E-state index < -0.39 is 0 Å². The first-order valence-electron chi connectivity index (χ1n) is 5.87. The highest BCUT2D eigenvalue weighted by Crippen LogP contribution is 2.18. The van der Waals surface area contributed by atoms with E-state index in [1.165, 1.54) is 13.0 Å². The summed E-state index contributed by atoms with van der Waals surface area (Å²) in [6.07, 6.45) is 4.63. The minimum absolute atomic E-state index is 0.595. The van der Waals surface area contributed by atoms with Gasteiger partial charge in [0.2, 0.25) is 0 Å². The van der Waals surface area contributed by atoms with Crippen LogP contribution in [0.1, 0.15) is 6.42 Å². The largest absolute Gasteiger partial charge is 0.358 e. The molecule has 1 aromatic rings. The van der Waals surface area contributed by atoms with Gasteiger partial charge in [-0.3, -0.25) is 4.98 Å². The minimum Gasteiger partial charge on any atom is -0.358 e. The van der Waals surface area contributed by atoms with Crippen LogP contribution in [-0.2, 0) is 0 Å². The van der Waals surface area contributed by atoms with Crippen LogP contribution in [0, 0.1) is 5.92 Å². The van der Waals surface area contributed by atoms with Gasteiger partial charge in [0.15, 0.2) is 5.82 Å². The van der Waals surface area contributed by atoms with Crippen molar-refractivity contribution in [1.29, 1.82) is 0 Å². The fourth-order valence-electron chi connectivity index (χ4n) is 2.27. The molecule has 1 aromatic heterocycles. The van der Waals surface area contributed by atoms with Crippen LogP contribution in [0.25, 0.3) is 0 Å². The summed E-state index contributed by atoms with van der Waals surface area (Å²) in [6, 6.07) is 0. The standard InChI is InChI=1S/C11H20N6/c1-16-4-3-9(7-16)8-17(2)11-6-13-5-10(14-11)15-12/h5-6,9H,3-4,7-8,12H2,1-2H3,(H,14,15). The molecular weight excluding hydrogens is 216 g/mol. The van der Waals surface area contributed by atoms with E-state index in [0.717, 1.165) is 18.9 Å². The Balaban J connectivity index is 1.96. The Labute approximate surface area is 102 Å². The lowest BCUT2D eigenvalue weighted by Gasteiger charge is -2.22. The van der Waals surface area contributed by atoms with Crippen molar-refractivity contribution >= 4 is 11.6 Å². The summed E-state index contributed by atoms with van der Waals surface area (Å²) in [5, 5.41) is 0. The Hall–Kier alpha value is -1.40. The molecule has 0 radical (unpaired) electrons. The lowest BCUT2D eigenvalue weighted by Crippen LogP contribution is -2.28. The average molecular weight is 236 g/mol. The lowest BCUT2D eigenvalue weighted by atomic mass is 10.1. The molecule has 0 aliphatic carbocycles. The molecule has 0 amide bonds. The molecule has 1 saturated heterocycles. The first-order valence-corrected chi connectivity index (χ1v) is 5.87. The molecule has 0 bridgehead atoms. The van der Waals surface area contributed by atoms with Gasteiger partial charge in [-0.1, -0.05) is 0 Å². The van der Waals surface area contributed by atoms with E-state index in [-0.39, 0.29) is 0 Å². The van der Waals surface area contributed by atoms with Crippen LogP contribution in [0.5, 0.6) is 0 Å². The van der Waals surface area contributed by atoms with Crippen molar-refractivity contribution in [3.05, 3.63) is 12.4 Å². The smallest absolute Gasteiger partial charge is 0.160 e. The Morgan fingerprint density at radius 2 is 2.41 bits per heavy atom. The van der Waals surface area contributed by atoms with Crippen molar-refractivity contribution in [2.75, 3.05) is 44.1 Å². The van der Waals surface area contributed by atoms with Crippen molar-refractivity contribution in [3.8, 4) is 0 Å². The number of nitrogens with two attached hydrogens (primary N) is 1. The Kier molecular flexibility index (Phi) is 3.75. The second kappa shape index (κ2) is 5.29. The summed E-state index contributed by atoms with van der Waals surface area (Å²) in [6.45, 7) is 3.36. The van der Waals surface area contributed by atoms with E-state index >= 15 is 0 Å². The summed E-state index contributed by atoms with van der Waals surface area (Å²) in [5.41, 5.74) is 2.51. The molecule has 17 heavy (non-hydrogen) atoms. The molecule has 2 heterocycles. The van der Waals surface area contributed by atoms with Gasteiger partial charge in [0.05, 0.1) is 12.4 Å². The van der Waals surface area contributed by atoms with E-state index in [1.807, 2.05) is 7.05 Å². The summed E-state index contributed by atoms with van der Waals surface area (Å²) < 4.78 is 0. The number of aromatic nitrogens is 2. The fourth-order valence-corrected chi connectivity index (χ4v) is 2.27. The third-order valence-corrected chi connectivity index (χ3v) is 3.18. The maximum atomic E-state index is 5.32. The number of rotatable bonds is 4. The van der Waals surface area contributed by atoms with Gasteiger partial charge in [0.1, 0.15) is 5.82 Å². The zero-order valence-electron chi connectivity index (χ0n) is 10.4. The van der Waals surface area contributed by atoms with Crippen LogP contribution in [0.4, 0.5) is 11.6 Å². The highest BCUT2D eigenvalue weighted by molar-refractivity contribution is 5.42. The molecule has 94 valence electrons. The van der Waals surface area contributed by atoms with Gasteiger partial charge >= 0.3 is 0 Å². The van der Waals surface area contributed by atoms with Gasteiger partial charge in [-0.2, -0.15) is 0 Å². The molecule has 3 N–H and O–H groups in total. The van der Waals surface area contributed by atoms with E-state index in [1.54, 1.807) is 12.4 Å². The number of hydrazine groups is 1. The number of nitrogen functional groups attached to an aromatic ring is 1. The minimum atomic E-state index is 0.595. The highest BCUT2D eigenvalue weighted by Gasteiger charge is 2.21. The first-order chi connectivity index (χ1) is 8.19. The third-order valence-electron chi connectivity index (χ3n) is 3.18. The monoisotopic (exact) mass is 236 g/mol. The van der Waals surface area contributed by atoms with Crippen LogP contribution in [-0.4, -0.2) is 48.6 Å². The zero-order valence-corrected chi connectivity index (χ0v) is 10.4. The number of likely N-dealkylation sites (tertiary alicyclic amines) is 1. The quantitative estimate of drug-likeness (QED) is 0.573. The Bertz CT molecular complexity index is 369. The number of nitrogens with zero attached hydrogens (tertiary/aromatic N) is 4. The number of hydrogen-bond acceptors (Lipinski definition) is 6. The highest BCUT2D eigenvalue weighted by atomic mass is 15.3. The molecule has 0 saturated carbocycles. The fraction of sp³-hybridized carbons (Fsp3) is 0.636. The molecule has 1 fully saturated rings. The Morgan fingerprint density at radius 3 is 3.06 bits per heavy atom. The van der Waals surface area contributed by atoms with Crippen molar-refractivity contribution in [2.24, 2.45) is 11.8 Å². The van der Waals surface area contributed by atoms with Crippen LogP contribution in [0.3, 0.4) is 0 Å². The maximum absolute atomic E-state index is 5.32. The average Bonchev–Trinajstić information content (AvgIpc) is 2.75. The Morgan fingerprint density at radius 1 is 1.59 bits per heavy atom. The number of anilines is 2. The van der Waals surface area contributed by atoms with Gasteiger partial charge in [0, 0.05) is 20.1 Å². The SMILES string of the molecule is CN1CCC(CN(C)c2cncc(NN)n2)C1. The summed E-state index contributed by atoms with van der Waals surface area (Å²) >= 11 is 0. The molecule has 0 aromatic carbocycles. The van der Waals surface area contributed by atoms with Crippen molar-refractivity contribution in [3.63, 3.8) is 0 Å². The predicted molar refractivity (Wildman–Crippen MR) is 68.7 cm³/mol. The topological polar surface area (TPSA) is 70.3 Å². The van der Waals surface area contributed by atoms with Gasteiger partial charge in [-0.15, -0.1) is 0 Å². The molecule has 1 unspecified atom stereocenters. The van der Waals surface area contributed by atoms with Gasteiger partial charge < -0.3 is 15.2 Å². The molecule has 0 spiro atoms. The zero-order chi connectivity index (χ0) is 12.3. The lowest BCUT2D eigenvalue weighted by molar-refractivity contribution is 0.395. The van der Waals surface area contributed by atoms with Gasteiger partial charge in [-0.25, -0.2) is 10.8 Å². The molecule has 6 heteroatoms. The van der Waals surface area contributed by atoms with Crippen molar-refractivity contribution in [1.82, 2.24) is 14.9 Å². The second-order valence-electron chi connectivity index (χ2n) is 4.70. The summed E-state index contributed by atoms with van der Waals surface area (Å²) in [7, 11) is 4.21. The molecular formula is C11H20N6. The predicted octanol–water partition coefficient (Wildman–Crippen LogP) is 0.150. The maximum Gasteiger partial charge on any atom is 0.160 e. The van der Waals surface area contributed by atoms with Crippen LogP contribution < -0.4 is 16.2 Å². The van der Waals surface area contributed by atoms with E-state index in [0.29, 0.717) is 11.7 Å². The number of nitrogens with one attached hydrogen (secondary N) is 1. The van der Waals surface area contributed by atoms with Crippen LogP contribution in [0.2, 0.25) is 0 Å². The first kappa shape index (κ1) is 12.1. The molecule has 2 rings (SSSR count). The molecule has 1 aliphatic rings. The molecule has 6 nitrogen and oxygen atoms in total. The molecule has 1 aliphatic heterocycles. The van der Waals surface area contributed by atoms with E-state index in [9.17, 15) is 0 Å². The van der Waals surface area contributed by atoms with E-state index in [4.69, 9.17) is 5.84 Å². The summed E-state index contributed by atoms with van der Waals surface area (Å²) in [4.78, 5) is 13.0. The van der Waals surface area contributed by atoms with Crippen LogP contribution in [0.15, 0.2) is 12.4 Å². The van der Waals surface area contributed by atoms with Crippen molar-refractivity contribution < 1.29 is 0 Å². The second-order valence-corrected chi connectivity index (χ2v) is 4.70.